The van der Waals surface area contributed by atoms with Gasteiger partial charge in [-0.15, -0.1) is 0 Å². The van der Waals surface area contributed by atoms with E-state index in [-0.39, 0.29) is 4.91 Å². The third kappa shape index (κ3) is 6.69. The molecule has 1 saturated heterocycles. The SMILES string of the molecule is COc1ccc(NC(=O)CN2C(=O)S/C(=C\c3ccc(OCc4ccc(Br)cc4)c(OC)c3)C2=O)cc1Cl. The molecule has 196 valence electrons. The first-order valence-electron chi connectivity index (χ1n) is 11.2. The average Bonchev–Trinajstić information content (AvgIpc) is 3.16. The van der Waals surface area contributed by atoms with Crippen molar-refractivity contribution in [1.82, 2.24) is 4.90 Å². The van der Waals surface area contributed by atoms with Gasteiger partial charge in [-0.05, 0) is 71.4 Å². The van der Waals surface area contributed by atoms with Crippen molar-refractivity contribution in [3.05, 3.63) is 86.2 Å². The molecule has 1 fully saturated rings. The smallest absolute Gasteiger partial charge is 0.294 e. The van der Waals surface area contributed by atoms with E-state index in [2.05, 4.69) is 21.2 Å². The van der Waals surface area contributed by atoms with Crippen molar-refractivity contribution in [1.29, 1.82) is 0 Å². The van der Waals surface area contributed by atoms with Crippen LogP contribution in [0.1, 0.15) is 11.1 Å². The van der Waals surface area contributed by atoms with Crippen molar-refractivity contribution in [3.63, 3.8) is 0 Å². The summed E-state index contributed by atoms with van der Waals surface area (Å²) in [7, 11) is 3.00. The van der Waals surface area contributed by atoms with E-state index in [1.165, 1.54) is 20.3 Å². The van der Waals surface area contributed by atoms with E-state index in [1.54, 1.807) is 36.4 Å². The first-order valence-corrected chi connectivity index (χ1v) is 13.2. The van der Waals surface area contributed by atoms with Crippen LogP contribution < -0.4 is 19.5 Å². The molecule has 3 aromatic rings. The van der Waals surface area contributed by atoms with Crippen LogP contribution in [0.15, 0.2) is 70.0 Å². The molecule has 1 heterocycles. The summed E-state index contributed by atoms with van der Waals surface area (Å²) < 4.78 is 17.4. The Morgan fingerprint density at radius 2 is 1.71 bits per heavy atom. The molecule has 11 heteroatoms. The third-order valence-corrected chi connectivity index (χ3v) is 7.14. The minimum atomic E-state index is -0.558. The second-order valence-corrected chi connectivity index (χ2v) is 10.3. The lowest BCUT2D eigenvalue weighted by molar-refractivity contribution is -0.127. The molecule has 1 aliphatic rings. The lowest BCUT2D eigenvalue weighted by Crippen LogP contribution is -2.36. The fraction of sp³-hybridized carbons (Fsp3) is 0.148. The van der Waals surface area contributed by atoms with Gasteiger partial charge in [0, 0.05) is 10.2 Å². The van der Waals surface area contributed by atoms with Gasteiger partial charge in [0.2, 0.25) is 5.91 Å². The minimum absolute atomic E-state index is 0.195. The standard InChI is InChI=1S/C27H22BrClN2O6S/c1-35-21-10-8-19(13-20(21)29)30-25(32)14-31-26(33)24(38-27(31)34)12-17-5-9-22(23(11-17)36-2)37-15-16-3-6-18(28)7-4-16/h3-13H,14-15H2,1-2H3,(H,30,32)/b24-12-. The summed E-state index contributed by atoms with van der Waals surface area (Å²) in [6, 6.07) is 17.7. The first-order chi connectivity index (χ1) is 18.3. The average molecular weight is 618 g/mol. The predicted molar refractivity (Wildman–Crippen MR) is 151 cm³/mol. The number of carbonyl (C=O) groups is 3. The maximum Gasteiger partial charge on any atom is 0.294 e. The lowest BCUT2D eigenvalue weighted by Gasteiger charge is -2.13. The Hall–Kier alpha value is -3.47. The number of methoxy groups -OCH3 is 2. The van der Waals surface area contributed by atoms with Crippen LogP contribution in [0, 0.1) is 0 Å². The van der Waals surface area contributed by atoms with Gasteiger partial charge < -0.3 is 19.5 Å². The quantitative estimate of drug-likeness (QED) is 0.279. The normalized spacial score (nSPS) is 14.1. The maximum atomic E-state index is 12.9. The zero-order valence-corrected chi connectivity index (χ0v) is 23.5. The van der Waals surface area contributed by atoms with Gasteiger partial charge in [-0.25, -0.2) is 0 Å². The predicted octanol–water partition coefficient (Wildman–Crippen LogP) is 6.37. The summed E-state index contributed by atoms with van der Waals surface area (Å²) in [4.78, 5) is 39.0. The molecule has 1 N–H and O–H groups in total. The molecule has 0 aromatic heterocycles. The van der Waals surface area contributed by atoms with Gasteiger partial charge in [-0.2, -0.15) is 0 Å². The Bertz CT molecular complexity index is 1410. The molecule has 3 aromatic carbocycles. The molecule has 4 rings (SSSR count). The summed E-state index contributed by atoms with van der Waals surface area (Å²) in [6.07, 6.45) is 1.58. The molecular formula is C27H22BrClN2O6S. The number of ether oxygens (including phenoxy) is 3. The van der Waals surface area contributed by atoms with Crippen LogP contribution in [-0.4, -0.2) is 42.7 Å². The van der Waals surface area contributed by atoms with E-state index in [0.29, 0.717) is 40.1 Å². The van der Waals surface area contributed by atoms with E-state index >= 15 is 0 Å². The topological polar surface area (TPSA) is 94.2 Å². The highest BCUT2D eigenvalue weighted by Crippen LogP contribution is 2.35. The summed E-state index contributed by atoms with van der Waals surface area (Å²) >= 11 is 10.3. The van der Waals surface area contributed by atoms with E-state index in [4.69, 9.17) is 25.8 Å². The lowest BCUT2D eigenvalue weighted by atomic mass is 10.1. The Balaban J connectivity index is 1.41. The van der Waals surface area contributed by atoms with Gasteiger partial charge in [-0.3, -0.25) is 19.3 Å². The number of halogens is 2. The number of nitrogens with one attached hydrogen (secondary N) is 1. The molecule has 3 amide bonds. The highest BCUT2D eigenvalue weighted by Gasteiger charge is 2.36. The third-order valence-electron chi connectivity index (χ3n) is 5.40. The van der Waals surface area contributed by atoms with Crippen LogP contribution in [0.3, 0.4) is 0 Å². The van der Waals surface area contributed by atoms with Gasteiger partial charge in [0.1, 0.15) is 18.9 Å². The Morgan fingerprint density at radius 1 is 1.00 bits per heavy atom. The molecule has 38 heavy (non-hydrogen) atoms. The van der Waals surface area contributed by atoms with Crippen molar-refractivity contribution in [2.75, 3.05) is 26.1 Å². The largest absolute Gasteiger partial charge is 0.495 e. The number of anilines is 1. The van der Waals surface area contributed by atoms with Crippen molar-refractivity contribution in [3.8, 4) is 17.2 Å². The van der Waals surface area contributed by atoms with Gasteiger partial charge in [0.05, 0.1) is 24.1 Å². The molecule has 0 radical (unpaired) electrons. The fourth-order valence-corrected chi connectivity index (χ4v) is 4.87. The van der Waals surface area contributed by atoms with Crippen molar-refractivity contribution < 1.29 is 28.6 Å². The van der Waals surface area contributed by atoms with Gasteiger partial charge in [0.15, 0.2) is 11.5 Å². The van der Waals surface area contributed by atoms with Crippen molar-refractivity contribution in [2.45, 2.75) is 6.61 Å². The number of amides is 3. The van der Waals surface area contributed by atoms with Crippen LogP contribution >= 0.6 is 39.3 Å². The zero-order chi connectivity index (χ0) is 27.2. The molecule has 0 unspecified atom stereocenters. The van der Waals surface area contributed by atoms with E-state index in [9.17, 15) is 14.4 Å². The molecule has 0 saturated carbocycles. The number of thioether (sulfide) groups is 1. The van der Waals surface area contributed by atoms with E-state index < -0.39 is 23.6 Å². The molecule has 0 aliphatic carbocycles. The summed E-state index contributed by atoms with van der Waals surface area (Å²) in [5.74, 6) is 0.381. The van der Waals surface area contributed by atoms with Crippen LogP contribution in [0.2, 0.25) is 5.02 Å². The molecule has 0 spiro atoms. The van der Waals surface area contributed by atoms with Gasteiger partial charge in [-0.1, -0.05) is 45.7 Å². The van der Waals surface area contributed by atoms with Gasteiger partial charge >= 0.3 is 0 Å². The Labute approximate surface area is 237 Å². The van der Waals surface area contributed by atoms with E-state index in [1.807, 2.05) is 24.3 Å². The number of carbonyl (C=O) groups excluding carboxylic acids is 3. The van der Waals surface area contributed by atoms with Crippen LogP contribution in [0.4, 0.5) is 10.5 Å². The van der Waals surface area contributed by atoms with Crippen LogP contribution in [0.25, 0.3) is 6.08 Å². The van der Waals surface area contributed by atoms with Crippen LogP contribution in [0.5, 0.6) is 17.2 Å². The Morgan fingerprint density at radius 3 is 2.39 bits per heavy atom. The molecule has 1 aliphatic heterocycles. The number of nitrogens with zero attached hydrogens (tertiary/aromatic N) is 1. The second-order valence-electron chi connectivity index (χ2n) is 7.99. The fourth-order valence-electron chi connectivity index (χ4n) is 3.51. The van der Waals surface area contributed by atoms with Crippen LogP contribution in [-0.2, 0) is 16.2 Å². The number of hydrogen-bond donors (Lipinski definition) is 1. The second kappa shape index (κ2) is 12.4. The number of rotatable bonds is 9. The number of hydrogen-bond acceptors (Lipinski definition) is 7. The maximum absolute atomic E-state index is 12.9. The van der Waals surface area contributed by atoms with Gasteiger partial charge in [0.25, 0.3) is 11.1 Å². The van der Waals surface area contributed by atoms with Crippen molar-refractivity contribution in [2.24, 2.45) is 0 Å². The number of imide groups is 1. The number of benzene rings is 3. The summed E-state index contributed by atoms with van der Waals surface area (Å²) in [5, 5.41) is 2.41. The Kier molecular flexibility index (Phi) is 8.98. The first kappa shape index (κ1) is 27.6. The van der Waals surface area contributed by atoms with E-state index in [0.717, 1.165) is 26.7 Å². The minimum Gasteiger partial charge on any atom is -0.495 e. The molecule has 0 atom stereocenters. The highest BCUT2D eigenvalue weighted by atomic mass is 79.9. The highest BCUT2D eigenvalue weighted by molar-refractivity contribution is 9.10. The molecule has 0 bridgehead atoms. The zero-order valence-electron chi connectivity index (χ0n) is 20.3. The summed E-state index contributed by atoms with van der Waals surface area (Å²) in [5.41, 5.74) is 2.05. The molecule has 8 nitrogen and oxygen atoms in total. The summed E-state index contributed by atoms with van der Waals surface area (Å²) in [6.45, 7) is -0.0789. The van der Waals surface area contributed by atoms with Crippen molar-refractivity contribution >= 4 is 68.1 Å². The molecular weight excluding hydrogens is 596 g/mol. The monoisotopic (exact) mass is 616 g/mol.